The molecule has 0 N–H and O–H groups in total. The van der Waals surface area contributed by atoms with Gasteiger partial charge in [-0.15, -0.1) is 24.6 Å². The van der Waals surface area contributed by atoms with Crippen LogP contribution in [0, 0.1) is 0 Å². The highest BCUT2D eigenvalue weighted by Gasteiger charge is 1.94. The molecule has 0 unspecified atom stereocenters. The molecule has 0 spiro atoms. The fourth-order valence-electron chi connectivity index (χ4n) is 0.222. The highest BCUT2D eigenvalue weighted by atomic mass is 35.6. The van der Waals surface area contributed by atoms with Gasteiger partial charge in [0, 0.05) is 0 Å². The lowest BCUT2D eigenvalue weighted by Crippen LogP contribution is -2.10. The minimum Gasteiger partial charge on any atom is -0.179 e. The molecule has 0 aliphatic heterocycles. The molecular weight excluding hydrogens is 140 g/mol. The second-order valence-corrected chi connectivity index (χ2v) is 10.4. The summed E-state index contributed by atoms with van der Waals surface area (Å²) in [4.78, 5) is 0. The van der Waals surface area contributed by atoms with Gasteiger partial charge < -0.3 is 0 Å². The van der Waals surface area contributed by atoms with Crippen LogP contribution >= 0.6 is 11.1 Å². The third kappa shape index (κ3) is 2.85. The number of rotatable bonds is 3. The number of hydrogen-bond acceptors (Lipinski definition) is 0. The molecule has 40 valence electrons. The first kappa shape index (κ1) is 7.20. The fraction of sp³-hybridized carbons (Fsp3) is 0. The van der Waals surface area contributed by atoms with Crippen molar-refractivity contribution in [3.8, 4) is 0 Å². The van der Waals surface area contributed by atoms with E-state index < -0.39 is 8.31 Å². The number of halogens is 1. The maximum absolute atomic E-state index is 5.63. The van der Waals surface area contributed by atoms with E-state index in [-0.39, 0.29) is 8.35 Å². The molecule has 0 radical (unpaired) electrons. The monoisotopic (exact) mass is 148 g/mol. The number of hydrogen-bond donors (Lipinski definition) is 0. The second-order valence-electron chi connectivity index (χ2n) is 1.29. The van der Waals surface area contributed by atoms with Gasteiger partial charge in [-0.05, 0) is 0 Å². The summed E-state index contributed by atoms with van der Waals surface area (Å²) in [5.74, 6) is 0. The van der Waals surface area contributed by atoms with Crippen molar-refractivity contribution in [2.45, 2.75) is 0 Å². The minimum atomic E-state index is -0.739. The van der Waals surface area contributed by atoms with Crippen LogP contribution < -0.4 is 0 Å². The van der Waals surface area contributed by atoms with E-state index in [0.29, 0.717) is 0 Å². The van der Waals surface area contributed by atoms with Crippen LogP contribution in [0.15, 0.2) is 24.6 Å². The van der Waals surface area contributed by atoms with Gasteiger partial charge in [-0.25, -0.2) is 0 Å². The molecule has 0 nitrogen and oxygen atoms in total. The molecule has 7 heavy (non-hydrogen) atoms. The second kappa shape index (κ2) is 4.36. The van der Waals surface area contributed by atoms with E-state index in [4.69, 9.17) is 11.1 Å². The van der Waals surface area contributed by atoms with Crippen molar-refractivity contribution in [2.75, 3.05) is 0 Å². The van der Waals surface area contributed by atoms with Gasteiger partial charge in [0.2, 0.25) is 0 Å². The van der Waals surface area contributed by atoms with Gasteiger partial charge >= 0.3 is 0 Å². The molecule has 0 heterocycles. The van der Waals surface area contributed by atoms with E-state index in [2.05, 4.69) is 13.2 Å². The molecule has 0 saturated heterocycles. The van der Waals surface area contributed by atoms with Gasteiger partial charge in [0.15, 0.2) is 0 Å². The summed E-state index contributed by atoms with van der Waals surface area (Å²) >= 11 is 5.63. The lowest BCUT2D eigenvalue weighted by molar-refractivity contribution is 2.40. The van der Waals surface area contributed by atoms with Crippen LogP contribution in [0.5, 0.6) is 0 Å². The zero-order chi connectivity index (χ0) is 5.70. The summed E-state index contributed by atoms with van der Waals surface area (Å²) in [5.41, 5.74) is 3.96. The van der Waals surface area contributed by atoms with E-state index in [0.717, 1.165) is 0 Å². The molecule has 0 bridgehead atoms. The van der Waals surface area contributed by atoms with E-state index in [1.165, 1.54) is 0 Å². The van der Waals surface area contributed by atoms with Crippen molar-refractivity contribution >= 4 is 27.7 Å². The molecule has 0 amide bonds. The standard InChI is InChI=1S/C4H9ClSi2/c1-3-7(4-2)6-5/h3-4,7H,1-2,6H2. The van der Waals surface area contributed by atoms with Gasteiger partial charge in [0.1, 0.15) is 8.35 Å². The molecule has 0 saturated carbocycles. The Kier molecular flexibility index (Phi) is 4.49. The van der Waals surface area contributed by atoms with Gasteiger partial charge in [0.25, 0.3) is 0 Å². The van der Waals surface area contributed by atoms with Gasteiger partial charge in [-0.3, -0.25) is 0 Å². The summed E-state index contributed by atoms with van der Waals surface area (Å²) in [6.07, 6.45) is 0. The molecule has 0 atom stereocenters. The quantitative estimate of drug-likeness (QED) is 0.404. The van der Waals surface area contributed by atoms with E-state index in [1.807, 2.05) is 11.4 Å². The molecular formula is C4H9ClSi2. The van der Waals surface area contributed by atoms with Crippen molar-refractivity contribution in [1.29, 1.82) is 0 Å². The molecule has 0 rings (SSSR count). The third-order valence-electron chi connectivity index (χ3n) is 0.784. The molecule has 0 aliphatic rings. The lowest BCUT2D eigenvalue weighted by Gasteiger charge is -1.91. The van der Waals surface area contributed by atoms with E-state index in [9.17, 15) is 0 Å². The average Bonchev–Trinajstić information content (AvgIpc) is 1.72. The Bertz CT molecular complexity index is 64.1. The van der Waals surface area contributed by atoms with Crippen LogP contribution in [0.3, 0.4) is 0 Å². The summed E-state index contributed by atoms with van der Waals surface area (Å²) in [5, 5.41) is 0. The smallest absolute Gasteiger partial charge is 0.122 e. The summed E-state index contributed by atoms with van der Waals surface area (Å²) in [7, 11) is -1.04. The maximum Gasteiger partial charge on any atom is 0.122 e. The van der Waals surface area contributed by atoms with Gasteiger partial charge in [-0.1, -0.05) is 0 Å². The molecule has 0 fully saturated rings. The zero-order valence-electron chi connectivity index (χ0n) is 4.23. The van der Waals surface area contributed by atoms with Gasteiger partial charge in [0.05, 0.1) is 8.31 Å². The summed E-state index contributed by atoms with van der Waals surface area (Å²) in [6, 6.07) is 0. The Morgan fingerprint density at radius 1 is 1.43 bits per heavy atom. The fourth-order valence-corrected chi connectivity index (χ4v) is 3.69. The summed E-state index contributed by atoms with van der Waals surface area (Å²) in [6.45, 7) is 7.29. The first-order valence-electron chi connectivity index (χ1n) is 2.16. The van der Waals surface area contributed by atoms with E-state index in [1.54, 1.807) is 0 Å². The van der Waals surface area contributed by atoms with Crippen LogP contribution in [-0.4, -0.2) is 16.7 Å². The normalized spacial score (nSPS) is 10.6. The Hall–Kier alpha value is 0.204. The molecule has 0 aromatic heterocycles. The molecule has 0 aromatic carbocycles. The van der Waals surface area contributed by atoms with Gasteiger partial charge in [-0.2, -0.15) is 11.1 Å². The highest BCUT2D eigenvalue weighted by molar-refractivity contribution is 7.36. The van der Waals surface area contributed by atoms with Crippen molar-refractivity contribution in [3.05, 3.63) is 24.6 Å². The average molecular weight is 149 g/mol. The van der Waals surface area contributed by atoms with Crippen molar-refractivity contribution in [1.82, 2.24) is 0 Å². The lowest BCUT2D eigenvalue weighted by atomic mass is 11.2. The van der Waals surface area contributed by atoms with Crippen LogP contribution in [0.2, 0.25) is 0 Å². The van der Waals surface area contributed by atoms with Crippen molar-refractivity contribution in [2.24, 2.45) is 0 Å². The molecule has 3 heteroatoms. The van der Waals surface area contributed by atoms with Crippen LogP contribution in [0.1, 0.15) is 0 Å². The van der Waals surface area contributed by atoms with Crippen LogP contribution in [-0.2, 0) is 0 Å². The Morgan fingerprint density at radius 3 is 1.86 bits per heavy atom. The van der Waals surface area contributed by atoms with Crippen molar-refractivity contribution in [3.63, 3.8) is 0 Å². The first-order chi connectivity index (χ1) is 3.35. The SMILES string of the molecule is C=C[SiH](C=C)[SiH2]Cl. The van der Waals surface area contributed by atoms with Crippen LogP contribution in [0.4, 0.5) is 0 Å². The van der Waals surface area contributed by atoms with Crippen LogP contribution in [0.25, 0.3) is 0 Å². The predicted octanol–water partition coefficient (Wildman–Crippen LogP) is 0.483. The van der Waals surface area contributed by atoms with E-state index >= 15 is 0 Å². The van der Waals surface area contributed by atoms with Crippen molar-refractivity contribution < 1.29 is 0 Å². The Balaban J connectivity index is 3.36. The summed E-state index contributed by atoms with van der Waals surface area (Å²) < 4.78 is 0. The maximum atomic E-state index is 5.63. The first-order valence-corrected chi connectivity index (χ1v) is 8.90. The zero-order valence-corrected chi connectivity index (χ0v) is 7.56. The highest BCUT2D eigenvalue weighted by Crippen LogP contribution is 1.83. The largest absolute Gasteiger partial charge is 0.179 e. The Morgan fingerprint density at radius 2 is 1.86 bits per heavy atom. The molecule has 0 aliphatic carbocycles. The predicted molar refractivity (Wildman–Crippen MR) is 41.9 cm³/mol. The Labute approximate surface area is 52.8 Å². The topological polar surface area (TPSA) is 0 Å². The minimum absolute atomic E-state index is 0.297. The molecule has 0 aromatic rings. The third-order valence-corrected chi connectivity index (χ3v) is 8.63.